The minimum Gasteiger partial charge on any atom is -0.472 e. The molecule has 0 radical (unpaired) electrons. The van der Waals surface area contributed by atoms with E-state index in [-0.39, 0.29) is 6.10 Å². The molecule has 0 amide bonds. The molecule has 1 atom stereocenters. The zero-order valence-corrected chi connectivity index (χ0v) is 15.5. The van der Waals surface area contributed by atoms with Gasteiger partial charge < -0.3 is 14.1 Å². The predicted octanol–water partition coefficient (Wildman–Crippen LogP) is 1.74. The Morgan fingerprint density at radius 1 is 1.12 bits per heavy atom. The molecule has 2 saturated heterocycles. The van der Waals surface area contributed by atoms with Crippen LogP contribution in [0.15, 0.2) is 23.0 Å². The van der Waals surface area contributed by atoms with Gasteiger partial charge in [-0.1, -0.05) is 0 Å². The first-order valence-electron chi connectivity index (χ1n) is 9.71. The highest BCUT2D eigenvalue weighted by atomic mass is 16.3. The van der Waals surface area contributed by atoms with Crippen molar-refractivity contribution in [1.29, 1.82) is 0 Å². The van der Waals surface area contributed by atoms with Gasteiger partial charge in [-0.2, -0.15) is 0 Å². The lowest BCUT2D eigenvalue weighted by molar-refractivity contribution is 0.0775. The van der Waals surface area contributed by atoms with Crippen molar-refractivity contribution in [2.24, 2.45) is 7.05 Å². The van der Waals surface area contributed by atoms with E-state index >= 15 is 0 Å². The number of rotatable bonds is 5. The predicted molar refractivity (Wildman–Crippen MR) is 97.5 cm³/mol. The molecule has 0 aromatic carbocycles. The summed E-state index contributed by atoms with van der Waals surface area (Å²) in [5.41, 5.74) is 1.23. The number of aliphatic hydroxyl groups excluding tert-OH is 1. The average molecular weight is 359 g/mol. The molecule has 2 fully saturated rings. The van der Waals surface area contributed by atoms with Crippen LogP contribution in [0.25, 0.3) is 0 Å². The molecule has 7 heteroatoms. The van der Waals surface area contributed by atoms with E-state index in [2.05, 4.69) is 31.6 Å². The molecule has 4 heterocycles. The van der Waals surface area contributed by atoms with Gasteiger partial charge in [-0.25, -0.2) is 0 Å². The molecule has 0 bridgehead atoms. The van der Waals surface area contributed by atoms with Gasteiger partial charge >= 0.3 is 0 Å². The Labute approximate surface area is 154 Å². The Bertz CT molecular complexity index is 691. The van der Waals surface area contributed by atoms with Gasteiger partial charge in [-0.05, 0) is 38.3 Å². The van der Waals surface area contributed by atoms with Crippen molar-refractivity contribution in [3.63, 3.8) is 0 Å². The van der Waals surface area contributed by atoms with Gasteiger partial charge in [-0.15, -0.1) is 10.2 Å². The topological polar surface area (TPSA) is 70.6 Å². The zero-order valence-electron chi connectivity index (χ0n) is 15.5. The van der Waals surface area contributed by atoms with Crippen LogP contribution >= 0.6 is 0 Å². The maximum Gasteiger partial charge on any atom is 0.146 e. The highest BCUT2D eigenvalue weighted by molar-refractivity contribution is 5.08. The summed E-state index contributed by atoms with van der Waals surface area (Å²) in [7, 11) is 2.10. The summed E-state index contributed by atoms with van der Waals surface area (Å²) < 4.78 is 7.39. The third-order valence-corrected chi connectivity index (χ3v) is 5.78. The third kappa shape index (κ3) is 4.00. The molecule has 2 aliphatic rings. The summed E-state index contributed by atoms with van der Waals surface area (Å²) in [6.07, 6.45) is 7.51. The Kier molecular flexibility index (Phi) is 5.38. The van der Waals surface area contributed by atoms with Crippen molar-refractivity contribution in [1.82, 2.24) is 24.6 Å². The first kappa shape index (κ1) is 17.7. The second-order valence-electron chi connectivity index (χ2n) is 7.75. The zero-order chi connectivity index (χ0) is 17.9. The Morgan fingerprint density at radius 3 is 2.73 bits per heavy atom. The highest BCUT2D eigenvalue weighted by Crippen LogP contribution is 2.27. The summed E-state index contributed by atoms with van der Waals surface area (Å²) in [6.45, 7) is 5.78. The average Bonchev–Trinajstić information content (AvgIpc) is 3.28. The number of furan rings is 1. The van der Waals surface area contributed by atoms with Crippen molar-refractivity contribution < 1.29 is 9.52 Å². The van der Waals surface area contributed by atoms with Crippen molar-refractivity contribution >= 4 is 0 Å². The molecule has 0 saturated carbocycles. The molecule has 1 N–H and O–H groups in total. The lowest BCUT2D eigenvalue weighted by atomic mass is 9.97. The SMILES string of the molecule is Cn1c(CN2CCC(O)CC2)nnc1C1CCCN(Cc2ccoc2)C1. The maximum atomic E-state index is 9.67. The number of hydrogen-bond acceptors (Lipinski definition) is 6. The van der Waals surface area contributed by atoms with E-state index in [1.807, 2.05) is 12.3 Å². The van der Waals surface area contributed by atoms with Crippen LogP contribution in [-0.2, 0) is 20.1 Å². The smallest absolute Gasteiger partial charge is 0.146 e. The molecule has 2 aromatic heterocycles. The highest BCUT2D eigenvalue weighted by Gasteiger charge is 2.27. The van der Waals surface area contributed by atoms with E-state index in [1.165, 1.54) is 18.4 Å². The fraction of sp³-hybridized carbons (Fsp3) is 0.684. The van der Waals surface area contributed by atoms with Crippen molar-refractivity contribution in [3.8, 4) is 0 Å². The van der Waals surface area contributed by atoms with Crippen LogP contribution in [0.5, 0.6) is 0 Å². The quantitative estimate of drug-likeness (QED) is 0.877. The monoisotopic (exact) mass is 359 g/mol. The van der Waals surface area contributed by atoms with Crippen LogP contribution in [0.4, 0.5) is 0 Å². The van der Waals surface area contributed by atoms with E-state index in [4.69, 9.17) is 4.42 Å². The molecule has 1 unspecified atom stereocenters. The Balaban J connectivity index is 1.38. The standard InChI is InChI=1S/C19H29N5O2/c1-22-18(13-23-8-4-17(25)5-9-23)20-21-19(22)16-3-2-7-24(12-16)11-15-6-10-26-14-15/h6,10,14,16-17,25H,2-5,7-9,11-13H2,1H3. The van der Waals surface area contributed by atoms with Crippen molar-refractivity contribution in [2.75, 3.05) is 26.2 Å². The van der Waals surface area contributed by atoms with Crippen LogP contribution in [0.1, 0.15) is 48.8 Å². The molecule has 142 valence electrons. The van der Waals surface area contributed by atoms with E-state index in [1.54, 1.807) is 6.26 Å². The normalized spacial score (nSPS) is 23.5. The number of aromatic nitrogens is 3. The van der Waals surface area contributed by atoms with Crippen molar-refractivity contribution in [3.05, 3.63) is 35.8 Å². The molecule has 0 spiro atoms. The van der Waals surface area contributed by atoms with E-state index < -0.39 is 0 Å². The fourth-order valence-electron chi connectivity index (χ4n) is 4.20. The van der Waals surface area contributed by atoms with Crippen LogP contribution in [0.2, 0.25) is 0 Å². The lowest BCUT2D eigenvalue weighted by Gasteiger charge is -2.32. The van der Waals surface area contributed by atoms with E-state index in [0.29, 0.717) is 5.92 Å². The van der Waals surface area contributed by atoms with Gasteiger partial charge in [0.05, 0.1) is 25.2 Å². The minimum atomic E-state index is -0.134. The van der Waals surface area contributed by atoms with Crippen LogP contribution in [0, 0.1) is 0 Å². The summed E-state index contributed by atoms with van der Waals surface area (Å²) in [5.74, 6) is 2.57. The van der Waals surface area contributed by atoms with Gasteiger partial charge in [0, 0.05) is 44.7 Å². The number of piperidine rings is 2. The second kappa shape index (κ2) is 7.90. The molecular formula is C19H29N5O2. The van der Waals surface area contributed by atoms with Crippen molar-refractivity contribution in [2.45, 2.75) is 50.8 Å². The van der Waals surface area contributed by atoms with E-state index in [9.17, 15) is 5.11 Å². The molecule has 0 aliphatic carbocycles. The molecule has 4 rings (SSSR count). The van der Waals surface area contributed by atoms with Crippen LogP contribution in [0.3, 0.4) is 0 Å². The molecular weight excluding hydrogens is 330 g/mol. The summed E-state index contributed by atoms with van der Waals surface area (Å²) in [4.78, 5) is 4.85. The maximum absolute atomic E-state index is 9.67. The lowest BCUT2D eigenvalue weighted by Crippen LogP contribution is -2.36. The summed E-state index contributed by atoms with van der Waals surface area (Å²) >= 11 is 0. The Morgan fingerprint density at radius 2 is 1.96 bits per heavy atom. The van der Waals surface area contributed by atoms with Crippen LogP contribution in [-0.4, -0.2) is 62.0 Å². The largest absolute Gasteiger partial charge is 0.472 e. The minimum absolute atomic E-state index is 0.134. The number of hydrogen-bond donors (Lipinski definition) is 1. The molecule has 7 nitrogen and oxygen atoms in total. The third-order valence-electron chi connectivity index (χ3n) is 5.78. The molecule has 2 aromatic rings. The van der Waals surface area contributed by atoms with Gasteiger partial charge in [0.25, 0.3) is 0 Å². The second-order valence-corrected chi connectivity index (χ2v) is 7.75. The van der Waals surface area contributed by atoms with Crippen LogP contribution < -0.4 is 0 Å². The first-order chi connectivity index (χ1) is 12.7. The Hall–Kier alpha value is -1.70. The van der Waals surface area contributed by atoms with Gasteiger partial charge in [-0.3, -0.25) is 9.80 Å². The summed E-state index contributed by atoms with van der Waals surface area (Å²) in [5, 5.41) is 18.7. The number of likely N-dealkylation sites (tertiary alicyclic amines) is 2. The summed E-state index contributed by atoms with van der Waals surface area (Å²) in [6, 6.07) is 2.04. The van der Waals surface area contributed by atoms with Gasteiger partial charge in [0.15, 0.2) is 0 Å². The first-order valence-corrected chi connectivity index (χ1v) is 9.71. The number of nitrogens with zero attached hydrogens (tertiary/aromatic N) is 5. The fourth-order valence-corrected chi connectivity index (χ4v) is 4.20. The molecule has 26 heavy (non-hydrogen) atoms. The number of aliphatic hydroxyl groups is 1. The van der Waals surface area contributed by atoms with Gasteiger partial charge in [0.1, 0.15) is 11.6 Å². The molecule has 2 aliphatic heterocycles. The van der Waals surface area contributed by atoms with E-state index in [0.717, 1.165) is 63.8 Å². The van der Waals surface area contributed by atoms with Gasteiger partial charge in [0.2, 0.25) is 0 Å².